The molecule has 1 aliphatic heterocycles. The van der Waals surface area contributed by atoms with Crippen molar-refractivity contribution in [1.82, 2.24) is 4.31 Å². The second-order valence-electron chi connectivity index (χ2n) is 3.54. The van der Waals surface area contributed by atoms with Gasteiger partial charge < -0.3 is 9.84 Å². The molecule has 7 heteroatoms. The number of methoxy groups -OCH3 is 1. The predicted molar refractivity (Wildman–Crippen MR) is 59.9 cm³/mol. The minimum Gasteiger partial charge on any atom is -0.387 e. The van der Waals surface area contributed by atoms with Gasteiger partial charge in [-0.25, -0.2) is 8.42 Å². The maximum Gasteiger partial charge on any atom is 0.253 e. The van der Waals surface area contributed by atoms with Crippen molar-refractivity contribution in [2.45, 2.75) is 10.3 Å². The monoisotopic (exact) mass is 263 g/mol. The molecule has 0 aromatic carbocycles. The van der Waals surface area contributed by atoms with Gasteiger partial charge in [-0.15, -0.1) is 11.3 Å². The van der Waals surface area contributed by atoms with Gasteiger partial charge in [-0.1, -0.05) is 0 Å². The molecule has 2 rings (SSSR count). The van der Waals surface area contributed by atoms with E-state index in [9.17, 15) is 13.5 Å². The van der Waals surface area contributed by atoms with Crippen LogP contribution in [-0.2, 0) is 14.8 Å². The molecule has 0 saturated heterocycles. The van der Waals surface area contributed by atoms with Gasteiger partial charge in [-0.05, 0) is 11.4 Å². The first-order valence-corrected chi connectivity index (χ1v) is 7.14. The molecule has 16 heavy (non-hydrogen) atoms. The normalized spacial score (nSPS) is 24.2. The van der Waals surface area contributed by atoms with Gasteiger partial charge in [0, 0.05) is 25.8 Å². The smallest absolute Gasteiger partial charge is 0.253 e. The first-order chi connectivity index (χ1) is 7.57. The minimum absolute atomic E-state index is 0.107. The van der Waals surface area contributed by atoms with Crippen molar-refractivity contribution in [3.63, 3.8) is 0 Å². The van der Waals surface area contributed by atoms with Crippen molar-refractivity contribution < 1.29 is 18.3 Å². The van der Waals surface area contributed by atoms with Crippen molar-refractivity contribution in [3.8, 4) is 0 Å². The molecule has 90 valence electrons. The van der Waals surface area contributed by atoms with Crippen LogP contribution in [-0.4, -0.2) is 44.6 Å². The van der Waals surface area contributed by atoms with Crippen LogP contribution >= 0.6 is 11.3 Å². The second-order valence-corrected chi connectivity index (χ2v) is 6.58. The van der Waals surface area contributed by atoms with E-state index in [0.29, 0.717) is 12.2 Å². The van der Waals surface area contributed by atoms with E-state index >= 15 is 0 Å². The lowest BCUT2D eigenvalue weighted by Gasteiger charge is -2.29. The van der Waals surface area contributed by atoms with Crippen LogP contribution in [0, 0.1) is 0 Å². The highest BCUT2D eigenvalue weighted by Crippen LogP contribution is 2.35. The Balaban J connectivity index is 2.34. The molecule has 0 saturated carbocycles. The van der Waals surface area contributed by atoms with Crippen molar-refractivity contribution >= 4 is 21.4 Å². The largest absolute Gasteiger partial charge is 0.387 e. The summed E-state index contributed by atoms with van der Waals surface area (Å²) in [5.41, 5.74) is 0.513. The molecule has 0 fully saturated rings. The predicted octanol–water partition coefficient (Wildman–Crippen LogP) is 0.432. The number of nitrogens with zero attached hydrogens (tertiary/aromatic N) is 1. The lowest BCUT2D eigenvalue weighted by atomic mass is 10.2. The second kappa shape index (κ2) is 4.42. The van der Waals surface area contributed by atoms with Gasteiger partial charge in [0.05, 0.1) is 12.7 Å². The Morgan fingerprint density at radius 1 is 1.69 bits per heavy atom. The quantitative estimate of drug-likeness (QED) is 0.859. The molecular weight excluding hydrogens is 250 g/mol. The van der Waals surface area contributed by atoms with Crippen molar-refractivity contribution in [2.75, 3.05) is 26.8 Å². The summed E-state index contributed by atoms with van der Waals surface area (Å²) < 4.78 is 30.5. The van der Waals surface area contributed by atoms with Crippen molar-refractivity contribution in [3.05, 3.63) is 17.0 Å². The number of thiophene rings is 1. The van der Waals surface area contributed by atoms with E-state index in [0.717, 1.165) is 11.3 Å². The van der Waals surface area contributed by atoms with Crippen LogP contribution < -0.4 is 0 Å². The summed E-state index contributed by atoms with van der Waals surface area (Å²) in [5, 5.41) is 11.5. The number of aliphatic hydroxyl groups is 1. The lowest BCUT2D eigenvalue weighted by molar-refractivity contribution is 0.120. The Labute approximate surface area is 98.3 Å². The third-order valence-electron chi connectivity index (χ3n) is 2.51. The van der Waals surface area contributed by atoms with Gasteiger partial charge in [0.15, 0.2) is 0 Å². The third kappa shape index (κ3) is 1.89. The van der Waals surface area contributed by atoms with E-state index in [-0.39, 0.29) is 17.3 Å². The number of aliphatic hydroxyl groups excluding tert-OH is 1. The minimum atomic E-state index is -3.43. The van der Waals surface area contributed by atoms with E-state index in [1.807, 2.05) is 0 Å². The first kappa shape index (κ1) is 12.0. The van der Waals surface area contributed by atoms with E-state index in [1.165, 1.54) is 11.4 Å². The summed E-state index contributed by atoms with van der Waals surface area (Å²) in [6.45, 7) is 0.704. The van der Waals surface area contributed by atoms with Crippen molar-refractivity contribution in [2.24, 2.45) is 0 Å². The highest BCUT2D eigenvalue weighted by Gasteiger charge is 2.36. The standard InChI is InChI=1S/C9H13NO4S2/c1-14-4-3-10-6-8(11)7-2-5-15-9(7)16(10,12)13/h2,5,8,11H,3-4,6H2,1H3. The van der Waals surface area contributed by atoms with Crippen molar-refractivity contribution in [1.29, 1.82) is 0 Å². The third-order valence-corrected chi connectivity index (χ3v) is 5.87. The van der Waals surface area contributed by atoms with Gasteiger partial charge >= 0.3 is 0 Å². The molecule has 0 bridgehead atoms. The van der Waals surface area contributed by atoms with Gasteiger partial charge in [-0.3, -0.25) is 0 Å². The van der Waals surface area contributed by atoms with Crippen LogP contribution in [0.4, 0.5) is 0 Å². The fourth-order valence-electron chi connectivity index (χ4n) is 1.67. The molecule has 5 nitrogen and oxygen atoms in total. The summed E-state index contributed by atoms with van der Waals surface area (Å²) in [4.78, 5) is 0. The Bertz CT molecular complexity index is 468. The number of β-amino-alcohol motifs (C(OH)–C–C–N with tert-alkyl or cyclic N) is 1. The summed E-state index contributed by atoms with van der Waals surface area (Å²) in [6, 6.07) is 1.66. The number of rotatable bonds is 3. The maximum absolute atomic E-state index is 12.1. The Morgan fingerprint density at radius 2 is 2.44 bits per heavy atom. The van der Waals surface area contributed by atoms with E-state index < -0.39 is 16.1 Å². The highest BCUT2D eigenvalue weighted by atomic mass is 32.2. The number of hydrogen-bond donors (Lipinski definition) is 1. The topological polar surface area (TPSA) is 66.8 Å². The molecule has 1 aromatic rings. The summed E-state index contributed by atoms with van der Waals surface area (Å²) in [5.74, 6) is 0. The van der Waals surface area contributed by atoms with E-state index in [2.05, 4.69) is 0 Å². The number of ether oxygens (including phenoxy) is 1. The molecule has 1 aromatic heterocycles. The average molecular weight is 263 g/mol. The summed E-state index contributed by atoms with van der Waals surface area (Å²) in [7, 11) is -1.92. The number of hydrogen-bond acceptors (Lipinski definition) is 5. The fraction of sp³-hybridized carbons (Fsp3) is 0.556. The molecule has 1 atom stereocenters. The fourth-order valence-corrected chi connectivity index (χ4v) is 4.71. The van der Waals surface area contributed by atoms with E-state index in [4.69, 9.17) is 4.74 Å². The van der Waals surface area contributed by atoms with E-state index in [1.54, 1.807) is 11.4 Å². The van der Waals surface area contributed by atoms with Crippen LogP contribution in [0.2, 0.25) is 0 Å². The molecule has 0 amide bonds. The van der Waals surface area contributed by atoms with Crippen LogP contribution in [0.25, 0.3) is 0 Å². The first-order valence-electron chi connectivity index (χ1n) is 4.82. The maximum atomic E-state index is 12.1. The van der Waals surface area contributed by atoms with Gasteiger partial charge in [-0.2, -0.15) is 4.31 Å². The zero-order chi connectivity index (χ0) is 11.8. The van der Waals surface area contributed by atoms with Gasteiger partial charge in [0.2, 0.25) is 0 Å². The number of fused-ring (bicyclic) bond motifs is 1. The molecule has 1 aliphatic rings. The summed E-state index contributed by atoms with van der Waals surface area (Å²) in [6.07, 6.45) is -0.735. The Morgan fingerprint density at radius 3 is 3.12 bits per heavy atom. The molecular formula is C9H13NO4S2. The molecule has 2 heterocycles. The average Bonchev–Trinajstić information content (AvgIpc) is 2.71. The molecule has 0 radical (unpaired) electrons. The van der Waals surface area contributed by atoms with Crippen LogP contribution in [0.15, 0.2) is 15.7 Å². The Hall–Kier alpha value is -0.470. The summed E-state index contributed by atoms with van der Waals surface area (Å²) >= 11 is 1.14. The molecule has 1 N–H and O–H groups in total. The van der Waals surface area contributed by atoms with Crippen LogP contribution in [0.1, 0.15) is 11.7 Å². The van der Waals surface area contributed by atoms with Crippen LogP contribution in [0.3, 0.4) is 0 Å². The zero-order valence-corrected chi connectivity index (χ0v) is 10.4. The molecule has 0 spiro atoms. The van der Waals surface area contributed by atoms with Crippen LogP contribution in [0.5, 0.6) is 0 Å². The highest BCUT2D eigenvalue weighted by molar-refractivity contribution is 7.91. The van der Waals surface area contributed by atoms with Gasteiger partial charge in [0.1, 0.15) is 4.21 Å². The Kier molecular flexibility index (Phi) is 3.32. The SMILES string of the molecule is COCCN1CC(O)c2ccsc2S1(=O)=O. The zero-order valence-electron chi connectivity index (χ0n) is 8.79. The number of sulfonamides is 1. The van der Waals surface area contributed by atoms with Gasteiger partial charge in [0.25, 0.3) is 10.0 Å². The lowest BCUT2D eigenvalue weighted by Crippen LogP contribution is -2.40. The molecule has 0 aliphatic carbocycles. The molecule has 1 unspecified atom stereocenters.